The quantitative estimate of drug-likeness (QED) is 0.239. The van der Waals surface area contributed by atoms with Crippen LogP contribution in [0.15, 0.2) is 78.5 Å². The number of halogens is 3. The molecular weight excluding hydrogens is 495 g/mol. The minimum Gasteiger partial charge on any atom is -0.494 e. The van der Waals surface area contributed by atoms with Crippen molar-refractivity contribution in [3.05, 3.63) is 95.2 Å². The van der Waals surface area contributed by atoms with E-state index < -0.39 is 23.6 Å². The fourth-order valence-corrected chi connectivity index (χ4v) is 3.40. The molecule has 3 rings (SSSR count). The molecule has 200 valence electrons. The van der Waals surface area contributed by atoms with E-state index in [1.54, 1.807) is 36.4 Å². The molecule has 3 aromatic rings. The van der Waals surface area contributed by atoms with Crippen molar-refractivity contribution in [2.45, 2.75) is 25.9 Å². The lowest BCUT2D eigenvalue weighted by molar-refractivity contribution is -0.137. The number of alkyl halides is 3. The van der Waals surface area contributed by atoms with Crippen molar-refractivity contribution >= 4 is 29.3 Å². The van der Waals surface area contributed by atoms with Crippen LogP contribution in [-0.4, -0.2) is 32.5 Å². The molecule has 0 aromatic heterocycles. The molecule has 6 nitrogen and oxygen atoms in total. The van der Waals surface area contributed by atoms with Crippen LogP contribution in [0.1, 0.15) is 41.3 Å². The molecule has 0 aliphatic carbocycles. The van der Waals surface area contributed by atoms with Gasteiger partial charge < -0.3 is 20.3 Å². The Bertz CT molecular complexity index is 1270. The predicted molar refractivity (Wildman–Crippen MR) is 143 cm³/mol. The number of amides is 2. The van der Waals surface area contributed by atoms with E-state index in [-0.39, 0.29) is 16.9 Å². The number of carbonyl (C=O) groups excluding carboxylic acids is 2. The van der Waals surface area contributed by atoms with Gasteiger partial charge in [0.25, 0.3) is 11.8 Å². The molecule has 0 saturated heterocycles. The second kappa shape index (κ2) is 12.8. The van der Waals surface area contributed by atoms with Crippen LogP contribution in [0.2, 0.25) is 0 Å². The van der Waals surface area contributed by atoms with Crippen molar-refractivity contribution in [1.29, 1.82) is 0 Å². The molecule has 0 unspecified atom stereocenters. The van der Waals surface area contributed by atoms with Gasteiger partial charge in [-0.05, 0) is 72.7 Å². The predicted octanol–water partition coefficient (Wildman–Crippen LogP) is 6.36. The number of ether oxygens (including phenoxy) is 1. The number of hydrogen-bond donors (Lipinski definition) is 2. The highest BCUT2D eigenvalue weighted by Gasteiger charge is 2.30. The number of anilines is 2. The first-order chi connectivity index (χ1) is 18.1. The van der Waals surface area contributed by atoms with Gasteiger partial charge in [0, 0.05) is 31.0 Å². The van der Waals surface area contributed by atoms with Gasteiger partial charge in [0.1, 0.15) is 11.4 Å². The van der Waals surface area contributed by atoms with Crippen LogP contribution in [0.5, 0.6) is 5.75 Å². The monoisotopic (exact) mass is 525 g/mol. The van der Waals surface area contributed by atoms with E-state index in [4.69, 9.17) is 4.74 Å². The Morgan fingerprint density at radius 1 is 0.974 bits per heavy atom. The zero-order valence-electron chi connectivity index (χ0n) is 21.4. The standard InChI is InChI=1S/C29H30F3N3O3/c1-4-5-17-38-25-15-11-21(12-16-25)27(36)34-26(18-20-9-13-24(14-10-20)35(2)3)28(37)33-23-8-6-7-22(19-23)29(30,31)32/h6-16,18-19H,4-5,17H2,1-3H3,(H,33,37)(H,34,36). The molecule has 3 aromatic carbocycles. The minimum atomic E-state index is -4.56. The third-order valence-electron chi connectivity index (χ3n) is 5.54. The maximum absolute atomic E-state index is 13.1. The number of nitrogens with zero attached hydrogens (tertiary/aromatic N) is 1. The van der Waals surface area contributed by atoms with Crippen LogP contribution in [0.3, 0.4) is 0 Å². The topological polar surface area (TPSA) is 70.7 Å². The van der Waals surface area contributed by atoms with Crippen LogP contribution in [-0.2, 0) is 11.0 Å². The van der Waals surface area contributed by atoms with Gasteiger partial charge in [-0.3, -0.25) is 9.59 Å². The molecule has 0 bridgehead atoms. The lowest BCUT2D eigenvalue weighted by Crippen LogP contribution is -2.30. The number of unbranched alkanes of at least 4 members (excludes halogenated alkanes) is 1. The van der Waals surface area contributed by atoms with E-state index in [1.807, 2.05) is 31.1 Å². The molecule has 2 amide bonds. The molecule has 0 fully saturated rings. The summed E-state index contributed by atoms with van der Waals surface area (Å²) in [4.78, 5) is 28.0. The van der Waals surface area contributed by atoms with Crippen molar-refractivity contribution in [2.24, 2.45) is 0 Å². The van der Waals surface area contributed by atoms with Crippen LogP contribution < -0.4 is 20.3 Å². The fourth-order valence-electron chi connectivity index (χ4n) is 3.40. The highest BCUT2D eigenvalue weighted by molar-refractivity contribution is 6.10. The lowest BCUT2D eigenvalue weighted by atomic mass is 10.1. The van der Waals surface area contributed by atoms with Gasteiger partial charge in [0.2, 0.25) is 0 Å². The SMILES string of the molecule is CCCCOc1ccc(C(=O)NC(=Cc2ccc(N(C)C)cc2)C(=O)Nc2cccc(C(F)(F)F)c2)cc1. The van der Waals surface area contributed by atoms with Gasteiger partial charge in [-0.2, -0.15) is 13.2 Å². The van der Waals surface area contributed by atoms with E-state index in [2.05, 4.69) is 17.6 Å². The van der Waals surface area contributed by atoms with Crippen molar-refractivity contribution in [1.82, 2.24) is 5.32 Å². The highest BCUT2D eigenvalue weighted by atomic mass is 19.4. The fraction of sp³-hybridized carbons (Fsp3) is 0.241. The lowest BCUT2D eigenvalue weighted by Gasteiger charge is -2.14. The maximum atomic E-state index is 13.1. The van der Waals surface area contributed by atoms with E-state index in [9.17, 15) is 22.8 Å². The Hall–Kier alpha value is -4.27. The number of nitrogens with one attached hydrogen (secondary N) is 2. The van der Waals surface area contributed by atoms with Gasteiger partial charge in [0.05, 0.1) is 12.2 Å². The molecule has 9 heteroatoms. The summed E-state index contributed by atoms with van der Waals surface area (Å²) in [6.07, 6.45) is -1.19. The Kier molecular flexibility index (Phi) is 9.54. The number of benzene rings is 3. The smallest absolute Gasteiger partial charge is 0.416 e. The van der Waals surface area contributed by atoms with Gasteiger partial charge in [0.15, 0.2) is 0 Å². The summed E-state index contributed by atoms with van der Waals surface area (Å²) < 4.78 is 45.0. The molecule has 0 saturated carbocycles. The average Bonchev–Trinajstić information content (AvgIpc) is 2.88. The Morgan fingerprint density at radius 2 is 1.66 bits per heavy atom. The Balaban J connectivity index is 1.85. The number of carbonyl (C=O) groups is 2. The van der Waals surface area contributed by atoms with E-state index in [0.717, 1.165) is 30.7 Å². The molecular formula is C29H30F3N3O3. The highest BCUT2D eigenvalue weighted by Crippen LogP contribution is 2.30. The van der Waals surface area contributed by atoms with Gasteiger partial charge in [-0.25, -0.2) is 0 Å². The maximum Gasteiger partial charge on any atom is 0.416 e. The van der Waals surface area contributed by atoms with Crippen molar-refractivity contribution < 1.29 is 27.5 Å². The Labute approximate surface area is 220 Å². The number of hydrogen-bond acceptors (Lipinski definition) is 4. The summed E-state index contributed by atoms with van der Waals surface area (Å²) >= 11 is 0. The summed E-state index contributed by atoms with van der Waals surface area (Å²) in [7, 11) is 3.78. The van der Waals surface area contributed by atoms with Crippen LogP contribution in [0.25, 0.3) is 6.08 Å². The molecule has 0 aliphatic heterocycles. The van der Waals surface area contributed by atoms with Crippen molar-refractivity contribution in [3.63, 3.8) is 0 Å². The molecule has 0 aliphatic rings. The molecule has 38 heavy (non-hydrogen) atoms. The Morgan fingerprint density at radius 3 is 2.26 bits per heavy atom. The summed E-state index contributed by atoms with van der Waals surface area (Å²) in [5.41, 5.74) is 0.751. The summed E-state index contributed by atoms with van der Waals surface area (Å²) in [5.74, 6) is -0.705. The molecule has 0 atom stereocenters. The normalized spacial score (nSPS) is 11.6. The van der Waals surface area contributed by atoms with Crippen LogP contribution in [0, 0.1) is 0 Å². The van der Waals surface area contributed by atoms with E-state index >= 15 is 0 Å². The zero-order chi connectivity index (χ0) is 27.7. The van der Waals surface area contributed by atoms with Gasteiger partial charge in [-0.1, -0.05) is 31.5 Å². The van der Waals surface area contributed by atoms with Crippen LogP contribution >= 0.6 is 0 Å². The van der Waals surface area contributed by atoms with Gasteiger partial charge in [-0.15, -0.1) is 0 Å². The molecule has 0 spiro atoms. The first-order valence-corrected chi connectivity index (χ1v) is 12.1. The first-order valence-electron chi connectivity index (χ1n) is 12.1. The zero-order valence-corrected chi connectivity index (χ0v) is 21.4. The molecule has 2 N–H and O–H groups in total. The number of rotatable bonds is 10. The van der Waals surface area contributed by atoms with Crippen LogP contribution in [0.4, 0.5) is 24.5 Å². The largest absolute Gasteiger partial charge is 0.494 e. The first kappa shape index (κ1) is 28.3. The second-order valence-corrected chi connectivity index (χ2v) is 8.76. The summed E-state index contributed by atoms with van der Waals surface area (Å²) in [6.45, 7) is 2.62. The van der Waals surface area contributed by atoms with Gasteiger partial charge >= 0.3 is 6.18 Å². The summed E-state index contributed by atoms with van der Waals surface area (Å²) in [6, 6.07) is 18.0. The van der Waals surface area contributed by atoms with Crippen molar-refractivity contribution in [3.8, 4) is 5.75 Å². The third kappa shape index (κ3) is 8.12. The second-order valence-electron chi connectivity index (χ2n) is 8.76. The summed E-state index contributed by atoms with van der Waals surface area (Å²) in [5, 5.41) is 5.04. The average molecular weight is 526 g/mol. The van der Waals surface area contributed by atoms with E-state index in [1.165, 1.54) is 18.2 Å². The molecule has 0 radical (unpaired) electrons. The van der Waals surface area contributed by atoms with Crippen molar-refractivity contribution in [2.75, 3.05) is 30.9 Å². The molecule has 0 heterocycles. The van der Waals surface area contributed by atoms with E-state index in [0.29, 0.717) is 17.9 Å². The third-order valence-corrected chi connectivity index (χ3v) is 5.54. The minimum absolute atomic E-state index is 0.0542.